The van der Waals surface area contributed by atoms with Crippen molar-refractivity contribution in [3.63, 3.8) is 0 Å². The van der Waals surface area contributed by atoms with Gasteiger partial charge in [-0.25, -0.2) is 15.0 Å². The molecule has 0 saturated carbocycles. The van der Waals surface area contributed by atoms with Gasteiger partial charge in [0, 0.05) is 22.4 Å². The third-order valence-electron chi connectivity index (χ3n) is 5.24. The van der Waals surface area contributed by atoms with Gasteiger partial charge in [0.2, 0.25) is 0 Å². The van der Waals surface area contributed by atoms with E-state index in [1.165, 1.54) is 0 Å². The highest BCUT2D eigenvalue weighted by molar-refractivity contribution is 5.80. The van der Waals surface area contributed by atoms with Crippen LogP contribution in [0.1, 0.15) is 86.0 Å². The van der Waals surface area contributed by atoms with Gasteiger partial charge in [-0.2, -0.15) is 0 Å². The van der Waals surface area contributed by atoms with Gasteiger partial charge in [-0.3, -0.25) is 0 Å². The Morgan fingerprint density at radius 2 is 1.45 bits per heavy atom. The van der Waals surface area contributed by atoms with Gasteiger partial charge in [-0.05, 0) is 55.5 Å². The van der Waals surface area contributed by atoms with Crippen LogP contribution in [0.5, 0.6) is 0 Å². The van der Waals surface area contributed by atoms with Gasteiger partial charge in [0.15, 0.2) is 17.5 Å². The Morgan fingerprint density at radius 1 is 0.816 bits per heavy atom. The van der Waals surface area contributed by atoms with E-state index in [1.54, 1.807) is 0 Å². The van der Waals surface area contributed by atoms with Crippen molar-refractivity contribution in [3.8, 4) is 22.8 Å². The van der Waals surface area contributed by atoms with E-state index in [-0.39, 0.29) is 0 Å². The first-order valence-electron chi connectivity index (χ1n) is 14.1. The predicted octanol–water partition coefficient (Wildman–Crippen LogP) is 9.97. The van der Waals surface area contributed by atoms with Crippen LogP contribution in [0.25, 0.3) is 33.9 Å². The topological polar surface area (TPSA) is 64.7 Å². The van der Waals surface area contributed by atoms with Crippen LogP contribution >= 0.6 is 0 Å². The summed E-state index contributed by atoms with van der Waals surface area (Å²) in [4.78, 5) is 14.5. The number of aromatic nitrogens is 3. The number of hydrogen-bond acceptors (Lipinski definition) is 4. The Kier molecular flexibility index (Phi) is 15.7. The first kappa shape index (κ1) is 32.2. The Balaban J connectivity index is 0.00000112. The van der Waals surface area contributed by atoms with Crippen molar-refractivity contribution < 1.29 is 0 Å². The van der Waals surface area contributed by atoms with Gasteiger partial charge in [0.25, 0.3) is 0 Å². The minimum Gasteiger partial charge on any atom is -0.399 e. The summed E-state index contributed by atoms with van der Waals surface area (Å²) >= 11 is 0. The first-order valence-corrected chi connectivity index (χ1v) is 14.1. The Hall–Kier alpha value is -3.79. The fraction of sp³-hybridized carbons (Fsp3) is 0.324. The normalized spacial score (nSPS) is 12.3. The van der Waals surface area contributed by atoms with E-state index in [2.05, 4.69) is 43.4 Å². The molecule has 2 N–H and O–H groups in total. The standard InChI is InChI=1S/C28H28N4.3C2H6/c1-3-11-20(12-4-2)23-17-24(19-25(29)18-23)28-31-26(21-13-7-5-8-14-21)30-27(32-28)22-15-9-6-10-16-22;3*1-2/h3,5,7-9,11-19H,4,6,10,29H2,1-2H3;3*1-2H3/b11-3-,20-12+;;;. The number of nitrogen functional groups attached to an aromatic ring is 1. The maximum atomic E-state index is 6.31. The van der Waals surface area contributed by atoms with Crippen molar-refractivity contribution in [2.45, 2.75) is 74.7 Å². The zero-order chi connectivity index (χ0) is 28.3. The van der Waals surface area contributed by atoms with E-state index in [4.69, 9.17) is 20.7 Å². The van der Waals surface area contributed by atoms with Crippen LogP contribution in [0.4, 0.5) is 5.69 Å². The zero-order valence-corrected chi connectivity index (χ0v) is 24.6. The molecule has 4 nitrogen and oxygen atoms in total. The average Bonchev–Trinajstić information content (AvgIpc) is 3.00. The molecule has 4 rings (SSSR count). The molecule has 0 atom stereocenters. The molecule has 2 aromatic carbocycles. The molecule has 1 heterocycles. The predicted molar refractivity (Wildman–Crippen MR) is 169 cm³/mol. The Morgan fingerprint density at radius 3 is 2.03 bits per heavy atom. The highest BCUT2D eigenvalue weighted by Crippen LogP contribution is 2.29. The lowest BCUT2D eigenvalue weighted by molar-refractivity contribution is 1.01. The number of nitrogens with two attached hydrogens (primary N) is 1. The van der Waals surface area contributed by atoms with Gasteiger partial charge in [0.1, 0.15) is 0 Å². The minimum absolute atomic E-state index is 0.624. The molecule has 1 aromatic heterocycles. The molecule has 0 bridgehead atoms. The molecule has 0 amide bonds. The molecule has 0 radical (unpaired) electrons. The number of hydrogen-bond donors (Lipinski definition) is 1. The maximum absolute atomic E-state index is 6.31. The van der Waals surface area contributed by atoms with Crippen molar-refractivity contribution in [2.75, 3.05) is 5.73 Å². The molecular formula is C34H46N4. The van der Waals surface area contributed by atoms with Crippen LogP contribution in [0, 0.1) is 0 Å². The van der Waals surface area contributed by atoms with Crippen molar-refractivity contribution in [1.82, 2.24) is 15.0 Å². The van der Waals surface area contributed by atoms with Crippen LogP contribution in [-0.2, 0) is 0 Å². The molecule has 202 valence electrons. The number of benzene rings is 2. The first-order chi connectivity index (χ1) is 18.7. The smallest absolute Gasteiger partial charge is 0.164 e. The summed E-state index contributed by atoms with van der Waals surface area (Å²) in [5, 5.41) is 0. The summed E-state index contributed by atoms with van der Waals surface area (Å²) in [7, 11) is 0. The summed E-state index contributed by atoms with van der Waals surface area (Å²) in [6.45, 7) is 16.2. The summed E-state index contributed by atoms with van der Waals surface area (Å²) < 4.78 is 0. The lowest BCUT2D eigenvalue weighted by Crippen LogP contribution is -2.03. The monoisotopic (exact) mass is 510 g/mol. The zero-order valence-electron chi connectivity index (χ0n) is 24.6. The highest BCUT2D eigenvalue weighted by atomic mass is 15.0. The number of rotatable bonds is 6. The van der Waals surface area contributed by atoms with E-state index >= 15 is 0 Å². The van der Waals surface area contributed by atoms with Crippen LogP contribution in [0.15, 0.2) is 85.0 Å². The summed E-state index contributed by atoms with van der Waals surface area (Å²) in [5.74, 6) is 1.97. The second kappa shape index (κ2) is 18.5. The second-order valence-corrected chi connectivity index (χ2v) is 7.72. The summed E-state index contributed by atoms with van der Waals surface area (Å²) in [6, 6.07) is 16.1. The summed E-state index contributed by atoms with van der Waals surface area (Å²) in [5.41, 5.74) is 12.1. The van der Waals surface area contributed by atoms with Gasteiger partial charge in [-0.1, -0.05) is 115 Å². The molecule has 0 unspecified atom stereocenters. The molecule has 1 aliphatic carbocycles. The molecular weight excluding hydrogens is 464 g/mol. The molecule has 3 aromatic rings. The van der Waals surface area contributed by atoms with E-state index < -0.39 is 0 Å². The second-order valence-electron chi connectivity index (χ2n) is 7.72. The quantitative estimate of drug-likeness (QED) is 0.265. The molecule has 4 heteroatoms. The number of anilines is 1. The average molecular weight is 511 g/mol. The molecule has 0 spiro atoms. The number of nitrogens with zero attached hydrogens (tertiary/aromatic N) is 3. The van der Waals surface area contributed by atoms with Crippen molar-refractivity contribution in [3.05, 3.63) is 96.4 Å². The molecule has 0 fully saturated rings. The van der Waals surface area contributed by atoms with Crippen LogP contribution < -0.4 is 5.73 Å². The van der Waals surface area contributed by atoms with E-state index in [9.17, 15) is 0 Å². The minimum atomic E-state index is 0.624. The van der Waals surface area contributed by atoms with Gasteiger partial charge in [0.05, 0.1) is 0 Å². The Labute approximate surface area is 231 Å². The van der Waals surface area contributed by atoms with Gasteiger partial charge in [-0.15, -0.1) is 0 Å². The van der Waals surface area contributed by atoms with E-state index in [1.807, 2.05) is 97.0 Å². The lowest BCUT2D eigenvalue weighted by atomic mass is 10.00. The largest absolute Gasteiger partial charge is 0.399 e. The van der Waals surface area contributed by atoms with Crippen LogP contribution in [0.2, 0.25) is 0 Å². The van der Waals surface area contributed by atoms with E-state index in [0.717, 1.165) is 47.1 Å². The van der Waals surface area contributed by atoms with Crippen LogP contribution in [-0.4, -0.2) is 15.0 Å². The molecule has 1 aliphatic rings. The SMILES string of the molecule is C/C=C\C(=C/CC)c1cc(N)cc(-c2nc(C3=CCCC=C3)nc(-c3ccccc3)n2)c1.CC.CC.CC. The van der Waals surface area contributed by atoms with Crippen molar-refractivity contribution in [1.29, 1.82) is 0 Å². The van der Waals surface area contributed by atoms with Crippen molar-refractivity contribution in [2.24, 2.45) is 0 Å². The third kappa shape index (κ3) is 9.26. The van der Waals surface area contributed by atoms with E-state index in [0.29, 0.717) is 23.2 Å². The third-order valence-corrected chi connectivity index (χ3v) is 5.24. The molecule has 38 heavy (non-hydrogen) atoms. The van der Waals surface area contributed by atoms with Gasteiger partial charge >= 0.3 is 0 Å². The highest BCUT2D eigenvalue weighted by Gasteiger charge is 2.14. The van der Waals surface area contributed by atoms with Crippen molar-refractivity contribution >= 4 is 16.8 Å². The van der Waals surface area contributed by atoms with Gasteiger partial charge < -0.3 is 5.73 Å². The van der Waals surface area contributed by atoms with Crippen LogP contribution in [0.3, 0.4) is 0 Å². The Bertz CT molecular complexity index is 1220. The lowest BCUT2D eigenvalue weighted by Gasteiger charge is -2.12. The fourth-order valence-corrected chi connectivity index (χ4v) is 3.76. The molecule has 0 saturated heterocycles. The maximum Gasteiger partial charge on any atom is 0.164 e. The molecule has 0 aliphatic heterocycles. The fourth-order valence-electron chi connectivity index (χ4n) is 3.76. The summed E-state index contributed by atoms with van der Waals surface area (Å²) in [6.07, 6.45) is 15.8. The number of allylic oxidation sites excluding steroid dienone is 8.